The quantitative estimate of drug-likeness (QED) is 0.520. The van der Waals surface area contributed by atoms with Crippen LogP contribution in [0.25, 0.3) is 11.5 Å². The minimum absolute atomic E-state index is 0.149. The van der Waals surface area contributed by atoms with Gasteiger partial charge in [0.25, 0.3) is 0 Å². The number of carboxylic acids is 1. The molecule has 1 aromatic carbocycles. The summed E-state index contributed by atoms with van der Waals surface area (Å²) in [7, 11) is 1.74. The molecule has 1 aromatic heterocycles. The van der Waals surface area contributed by atoms with Gasteiger partial charge in [-0.1, -0.05) is 19.4 Å². The normalized spacial score (nSPS) is 20.3. The number of aryl methyl sites for hydroxylation is 3. The van der Waals surface area contributed by atoms with Crippen molar-refractivity contribution in [1.82, 2.24) is 4.98 Å². The van der Waals surface area contributed by atoms with E-state index >= 15 is 0 Å². The van der Waals surface area contributed by atoms with E-state index in [9.17, 15) is 9.90 Å². The number of oxazole rings is 1. The lowest BCUT2D eigenvalue weighted by Gasteiger charge is -2.34. The van der Waals surface area contributed by atoms with Gasteiger partial charge >= 0.3 is 5.97 Å². The highest BCUT2D eigenvalue weighted by atomic mass is 16.5. The molecule has 1 unspecified atom stereocenters. The van der Waals surface area contributed by atoms with Gasteiger partial charge in [0.05, 0.1) is 6.61 Å². The van der Waals surface area contributed by atoms with Gasteiger partial charge in [-0.15, -0.1) is 0 Å². The molecular formula is C26H37NO5. The highest BCUT2D eigenvalue weighted by molar-refractivity contribution is 5.76. The average Bonchev–Trinajstić information content (AvgIpc) is 3.19. The van der Waals surface area contributed by atoms with E-state index < -0.39 is 11.6 Å². The molecular weight excluding hydrogens is 406 g/mol. The minimum atomic E-state index is -1.17. The molecule has 0 aliphatic heterocycles. The van der Waals surface area contributed by atoms with Crippen molar-refractivity contribution in [2.75, 3.05) is 13.7 Å². The summed E-state index contributed by atoms with van der Waals surface area (Å²) in [5.41, 5.74) is 3.15. The van der Waals surface area contributed by atoms with E-state index in [1.807, 2.05) is 0 Å². The molecule has 6 heteroatoms. The average molecular weight is 444 g/mol. The van der Waals surface area contributed by atoms with Crippen molar-refractivity contribution < 1.29 is 23.8 Å². The van der Waals surface area contributed by atoms with Crippen LogP contribution in [-0.2, 0) is 20.7 Å². The minimum Gasteiger partial charge on any atom is -0.479 e. The van der Waals surface area contributed by atoms with Crippen LogP contribution in [0.2, 0.25) is 0 Å². The molecule has 1 fully saturated rings. The number of carbonyl (C=O) groups is 1. The lowest BCUT2D eigenvalue weighted by atomic mass is 9.78. The molecule has 0 spiro atoms. The Morgan fingerprint density at radius 1 is 1.28 bits per heavy atom. The number of aromatic nitrogens is 1. The Labute approximate surface area is 191 Å². The van der Waals surface area contributed by atoms with Gasteiger partial charge in [0.2, 0.25) is 5.89 Å². The first-order valence-electron chi connectivity index (χ1n) is 11.6. The van der Waals surface area contributed by atoms with E-state index in [4.69, 9.17) is 18.9 Å². The second-order valence-electron chi connectivity index (χ2n) is 9.56. The van der Waals surface area contributed by atoms with Crippen molar-refractivity contribution in [1.29, 1.82) is 0 Å². The molecule has 6 nitrogen and oxygen atoms in total. The number of aliphatic carboxylic acids is 1. The maximum atomic E-state index is 11.4. The largest absolute Gasteiger partial charge is 0.479 e. The summed E-state index contributed by atoms with van der Waals surface area (Å²) in [5, 5.41) is 9.32. The van der Waals surface area contributed by atoms with E-state index in [1.165, 1.54) is 11.1 Å². The van der Waals surface area contributed by atoms with E-state index in [0.29, 0.717) is 24.3 Å². The van der Waals surface area contributed by atoms with Crippen molar-refractivity contribution in [2.24, 2.45) is 11.8 Å². The van der Waals surface area contributed by atoms with Crippen LogP contribution in [0.5, 0.6) is 0 Å². The third kappa shape index (κ3) is 5.41. The molecule has 0 saturated heterocycles. The van der Waals surface area contributed by atoms with Crippen LogP contribution in [0.3, 0.4) is 0 Å². The molecule has 1 saturated carbocycles. The van der Waals surface area contributed by atoms with Gasteiger partial charge in [-0.25, -0.2) is 9.78 Å². The summed E-state index contributed by atoms with van der Waals surface area (Å²) < 4.78 is 17.9. The van der Waals surface area contributed by atoms with Gasteiger partial charge in [-0.05, 0) is 82.1 Å². The van der Waals surface area contributed by atoms with Crippen LogP contribution in [0.4, 0.5) is 0 Å². The fraction of sp³-hybridized carbons (Fsp3) is 0.615. The molecule has 1 N–H and O–H groups in total. The number of methoxy groups -OCH3 is 1. The number of benzene rings is 1. The highest BCUT2D eigenvalue weighted by Crippen LogP contribution is 2.41. The van der Waals surface area contributed by atoms with E-state index in [-0.39, 0.29) is 6.10 Å². The predicted octanol–water partition coefficient (Wildman–Crippen LogP) is 5.89. The number of ether oxygens (including phenoxy) is 2. The second-order valence-corrected chi connectivity index (χ2v) is 9.56. The molecule has 2 aromatic rings. The zero-order chi connectivity index (χ0) is 23.5. The summed E-state index contributed by atoms with van der Waals surface area (Å²) in [4.78, 5) is 16.3. The molecule has 1 aliphatic carbocycles. The van der Waals surface area contributed by atoms with E-state index in [1.54, 1.807) is 21.0 Å². The van der Waals surface area contributed by atoms with Crippen molar-refractivity contribution in [3.05, 3.63) is 40.8 Å². The first-order chi connectivity index (χ1) is 15.2. The molecule has 0 radical (unpaired) electrons. The van der Waals surface area contributed by atoms with Crippen LogP contribution >= 0.6 is 0 Å². The number of nitrogens with zero attached hydrogens (tertiary/aromatic N) is 1. The highest BCUT2D eigenvalue weighted by Gasteiger charge is 2.35. The Morgan fingerprint density at radius 2 is 2.03 bits per heavy atom. The molecule has 1 aliphatic rings. The maximum absolute atomic E-state index is 11.4. The summed E-state index contributed by atoms with van der Waals surface area (Å²) in [6.45, 7) is 9.91. The summed E-state index contributed by atoms with van der Waals surface area (Å²) in [5.74, 6) is 1.17. The van der Waals surface area contributed by atoms with Crippen LogP contribution < -0.4 is 0 Å². The van der Waals surface area contributed by atoms with Gasteiger partial charge in [-0.2, -0.15) is 0 Å². The van der Waals surface area contributed by atoms with E-state index in [0.717, 1.165) is 49.1 Å². The lowest BCUT2D eigenvalue weighted by molar-refractivity contribution is -0.163. The standard InChI is InChI=1S/C26H37NO5/c1-7-21-22(27-24(32-21)20-12-11-16(2)17(3)13-20)23(30-6)19-10-8-9-18(14-19)15-31-26(4,5)25(28)29/h11-13,18-19,23H,7-10,14-15H2,1-6H3,(H,28,29)/t18-,19+,23?/m1/s1. The molecule has 176 valence electrons. The van der Waals surface area contributed by atoms with Gasteiger partial charge in [0.1, 0.15) is 17.6 Å². The first kappa shape index (κ1) is 24.5. The monoisotopic (exact) mass is 443 g/mol. The topological polar surface area (TPSA) is 81.8 Å². The first-order valence-corrected chi connectivity index (χ1v) is 11.6. The lowest BCUT2D eigenvalue weighted by Crippen LogP contribution is -2.37. The number of rotatable bonds is 9. The zero-order valence-corrected chi connectivity index (χ0v) is 20.2. The SMILES string of the molecule is CCc1oc(-c2ccc(C)c(C)c2)nc1C(OC)[C@H]1CCC[C@@H](COC(C)(C)C(=O)O)C1. The number of hydrogen-bond donors (Lipinski definition) is 1. The third-order valence-electron chi connectivity index (χ3n) is 6.77. The van der Waals surface area contributed by atoms with Crippen LogP contribution in [0, 0.1) is 25.7 Å². The second kappa shape index (κ2) is 10.2. The Balaban J connectivity index is 1.79. The van der Waals surface area contributed by atoms with Crippen molar-refractivity contribution in [3.63, 3.8) is 0 Å². The predicted molar refractivity (Wildman–Crippen MR) is 124 cm³/mol. The number of hydrogen-bond acceptors (Lipinski definition) is 5. The smallest absolute Gasteiger partial charge is 0.335 e. The molecule has 0 amide bonds. The van der Waals surface area contributed by atoms with E-state index in [2.05, 4.69) is 39.0 Å². The van der Waals surface area contributed by atoms with Crippen molar-refractivity contribution in [2.45, 2.75) is 78.4 Å². The summed E-state index contributed by atoms with van der Waals surface area (Å²) >= 11 is 0. The molecule has 1 heterocycles. The van der Waals surface area contributed by atoms with Gasteiger partial charge < -0.3 is 19.0 Å². The van der Waals surface area contributed by atoms with Gasteiger partial charge in [0, 0.05) is 19.1 Å². The maximum Gasteiger partial charge on any atom is 0.335 e. The fourth-order valence-electron chi connectivity index (χ4n) is 4.51. The van der Waals surface area contributed by atoms with Crippen molar-refractivity contribution >= 4 is 5.97 Å². The molecule has 3 rings (SSSR count). The number of carboxylic acid groups (broad SMARTS) is 1. The Kier molecular flexibility index (Phi) is 7.78. The molecule has 32 heavy (non-hydrogen) atoms. The van der Waals surface area contributed by atoms with Gasteiger partial charge in [-0.3, -0.25) is 0 Å². The Bertz CT molecular complexity index is 932. The fourth-order valence-corrected chi connectivity index (χ4v) is 4.51. The Morgan fingerprint density at radius 3 is 2.66 bits per heavy atom. The third-order valence-corrected chi connectivity index (χ3v) is 6.77. The van der Waals surface area contributed by atoms with Crippen molar-refractivity contribution in [3.8, 4) is 11.5 Å². The summed E-state index contributed by atoms with van der Waals surface area (Å²) in [6, 6.07) is 6.26. The van der Waals surface area contributed by atoms with Crippen LogP contribution in [0.15, 0.2) is 22.6 Å². The zero-order valence-electron chi connectivity index (χ0n) is 20.2. The Hall–Kier alpha value is -2.18. The van der Waals surface area contributed by atoms with Crippen LogP contribution in [-0.4, -0.2) is 35.4 Å². The summed E-state index contributed by atoms with van der Waals surface area (Å²) in [6.07, 6.45) is 4.67. The van der Waals surface area contributed by atoms with Crippen LogP contribution in [0.1, 0.15) is 75.1 Å². The van der Waals surface area contributed by atoms with Gasteiger partial charge in [0.15, 0.2) is 5.60 Å². The molecule has 0 bridgehead atoms. The molecule has 3 atom stereocenters.